The number of hydrogen-bond donors (Lipinski definition) is 1. The maximum absolute atomic E-state index is 4.43. The number of nitrogens with one attached hydrogen (secondary N) is 1. The summed E-state index contributed by atoms with van der Waals surface area (Å²) in [6, 6.07) is 0.654. The van der Waals surface area contributed by atoms with Crippen molar-refractivity contribution < 1.29 is 0 Å². The van der Waals surface area contributed by atoms with Gasteiger partial charge in [0.1, 0.15) is 0 Å². The van der Waals surface area contributed by atoms with Crippen molar-refractivity contribution in [2.75, 3.05) is 7.05 Å². The van der Waals surface area contributed by atoms with Crippen molar-refractivity contribution in [1.82, 2.24) is 15.3 Å². The van der Waals surface area contributed by atoms with Crippen LogP contribution in [0.1, 0.15) is 30.7 Å². The third kappa shape index (κ3) is 1.42. The minimum atomic E-state index is 0.598. The number of rotatable bonds is 2. The third-order valence-electron chi connectivity index (χ3n) is 3.42. The van der Waals surface area contributed by atoms with Crippen molar-refractivity contribution in [3.8, 4) is 0 Å². The standard InChI is InChI=1S/C11H17N3/c1-7-9(6-10(7)12-3)11-8(2)13-4-5-14-11/h4-5,7,9-10,12H,6H2,1-3H3. The Morgan fingerprint density at radius 1 is 1.36 bits per heavy atom. The monoisotopic (exact) mass is 191 g/mol. The first kappa shape index (κ1) is 9.59. The summed E-state index contributed by atoms with van der Waals surface area (Å²) in [5, 5.41) is 3.32. The molecular formula is C11H17N3. The average Bonchev–Trinajstić information content (AvgIpc) is 2.19. The Morgan fingerprint density at radius 2 is 2.07 bits per heavy atom. The summed E-state index contributed by atoms with van der Waals surface area (Å²) >= 11 is 0. The largest absolute Gasteiger partial charge is 0.317 e. The molecule has 1 aromatic rings. The van der Waals surface area contributed by atoms with E-state index < -0.39 is 0 Å². The van der Waals surface area contributed by atoms with Gasteiger partial charge in [0, 0.05) is 24.4 Å². The van der Waals surface area contributed by atoms with E-state index in [-0.39, 0.29) is 0 Å². The minimum Gasteiger partial charge on any atom is -0.317 e. The number of aromatic nitrogens is 2. The zero-order valence-electron chi connectivity index (χ0n) is 8.99. The van der Waals surface area contributed by atoms with E-state index in [2.05, 4.69) is 22.2 Å². The van der Waals surface area contributed by atoms with Gasteiger partial charge in [-0.15, -0.1) is 0 Å². The van der Waals surface area contributed by atoms with Crippen molar-refractivity contribution in [2.24, 2.45) is 5.92 Å². The van der Waals surface area contributed by atoms with Crippen LogP contribution in [0.5, 0.6) is 0 Å². The summed E-state index contributed by atoms with van der Waals surface area (Å²) in [4.78, 5) is 8.71. The highest BCUT2D eigenvalue weighted by Crippen LogP contribution is 2.41. The Morgan fingerprint density at radius 3 is 2.64 bits per heavy atom. The maximum Gasteiger partial charge on any atom is 0.0650 e. The van der Waals surface area contributed by atoms with Crippen molar-refractivity contribution in [3.63, 3.8) is 0 Å². The number of aryl methyl sites for hydroxylation is 1. The van der Waals surface area contributed by atoms with Gasteiger partial charge in [-0.25, -0.2) is 0 Å². The van der Waals surface area contributed by atoms with Crippen LogP contribution in [0.3, 0.4) is 0 Å². The molecule has 3 heteroatoms. The zero-order chi connectivity index (χ0) is 10.1. The van der Waals surface area contributed by atoms with E-state index in [1.54, 1.807) is 12.4 Å². The second-order valence-electron chi connectivity index (χ2n) is 4.12. The molecule has 3 atom stereocenters. The summed E-state index contributed by atoms with van der Waals surface area (Å²) < 4.78 is 0. The second-order valence-corrected chi connectivity index (χ2v) is 4.12. The Hall–Kier alpha value is -0.960. The summed E-state index contributed by atoms with van der Waals surface area (Å²) in [7, 11) is 2.03. The Kier molecular flexibility index (Phi) is 2.50. The van der Waals surface area contributed by atoms with Crippen LogP contribution in [0.15, 0.2) is 12.4 Å². The van der Waals surface area contributed by atoms with Gasteiger partial charge in [0.25, 0.3) is 0 Å². The maximum atomic E-state index is 4.43. The van der Waals surface area contributed by atoms with E-state index in [9.17, 15) is 0 Å². The molecule has 0 saturated heterocycles. The van der Waals surface area contributed by atoms with Gasteiger partial charge in [0.2, 0.25) is 0 Å². The summed E-state index contributed by atoms with van der Waals surface area (Å²) in [6.07, 6.45) is 4.75. The predicted molar refractivity (Wildman–Crippen MR) is 56.1 cm³/mol. The smallest absolute Gasteiger partial charge is 0.0650 e. The van der Waals surface area contributed by atoms with E-state index in [4.69, 9.17) is 0 Å². The molecule has 1 aromatic heterocycles. The molecule has 1 aliphatic carbocycles. The van der Waals surface area contributed by atoms with E-state index in [0.717, 1.165) is 5.69 Å². The molecule has 14 heavy (non-hydrogen) atoms. The molecule has 2 rings (SSSR count). The second kappa shape index (κ2) is 3.65. The zero-order valence-corrected chi connectivity index (χ0v) is 8.99. The van der Waals surface area contributed by atoms with Crippen LogP contribution in [0.25, 0.3) is 0 Å². The van der Waals surface area contributed by atoms with Crippen molar-refractivity contribution in [3.05, 3.63) is 23.8 Å². The minimum absolute atomic E-state index is 0.598. The molecule has 0 aliphatic heterocycles. The Labute approximate surface area is 85.0 Å². The quantitative estimate of drug-likeness (QED) is 0.769. The highest BCUT2D eigenvalue weighted by molar-refractivity contribution is 5.20. The van der Waals surface area contributed by atoms with Gasteiger partial charge in [-0.3, -0.25) is 9.97 Å². The lowest BCUT2D eigenvalue weighted by Crippen LogP contribution is -2.46. The average molecular weight is 191 g/mol. The van der Waals surface area contributed by atoms with E-state index in [0.29, 0.717) is 17.9 Å². The first-order valence-electron chi connectivity index (χ1n) is 5.18. The lowest BCUT2D eigenvalue weighted by atomic mass is 9.68. The van der Waals surface area contributed by atoms with Crippen LogP contribution in [-0.2, 0) is 0 Å². The van der Waals surface area contributed by atoms with Crippen LogP contribution in [0.2, 0.25) is 0 Å². The fourth-order valence-corrected chi connectivity index (χ4v) is 2.31. The first-order valence-corrected chi connectivity index (χ1v) is 5.18. The van der Waals surface area contributed by atoms with E-state index >= 15 is 0 Å². The summed E-state index contributed by atoms with van der Waals surface area (Å²) in [5.41, 5.74) is 2.27. The molecule has 0 radical (unpaired) electrons. The van der Waals surface area contributed by atoms with E-state index in [1.165, 1.54) is 12.1 Å². The highest BCUT2D eigenvalue weighted by Gasteiger charge is 2.39. The fourth-order valence-electron chi connectivity index (χ4n) is 2.31. The highest BCUT2D eigenvalue weighted by atomic mass is 14.9. The van der Waals surface area contributed by atoms with Gasteiger partial charge in [-0.1, -0.05) is 6.92 Å². The van der Waals surface area contributed by atoms with Crippen molar-refractivity contribution >= 4 is 0 Å². The van der Waals surface area contributed by atoms with Crippen LogP contribution in [0, 0.1) is 12.8 Å². The van der Waals surface area contributed by atoms with Crippen molar-refractivity contribution in [2.45, 2.75) is 32.2 Å². The molecule has 0 bridgehead atoms. The summed E-state index contributed by atoms with van der Waals surface area (Å²) in [6.45, 7) is 4.32. The fraction of sp³-hybridized carbons (Fsp3) is 0.636. The van der Waals surface area contributed by atoms with Gasteiger partial charge in [0.15, 0.2) is 0 Å². The van der Waals surface area contributed by atoms with Gasteiger partial charge >= 0.3 is 0 Å². The van der Waals surface area contributed by atoms with Gasteiger partial charge in [-0.2, -0.15) is 0 Å². The van der Waals surface area contributed by atoms with Gasteiger partial charge < -0.3 is 5.32 Å². The van der Waals surface area contributed by atoms with Gasteiger partial charge in [0.05, 0.1) is 11.4 Å². The Balaban J connectivity index is 2.15. The first-order chi connectivity index (χ1) is 6.74. The van der Waals surface area contributed by atoms with E-state index in [1.807, 2.05) is 14.0 Å². The van der Waals surface area contributed by atoms with Crippen molar-refractivity contribution in [1.29, 1.82) is 0 Å². The van der Waals surface area contributed by atoms with Crippen LogP contribution < -0.4 is 5.32 Å². The summed E-state index contributed by atoms with van der Waals surface area (Å²) in [5.74, 6) is 1.27. The molecule has 0 amide bonds. The number of nitrogens with zero attached hydrogens (tertiary/aromatic N) is 2. The lowest BCUT2D eigenvalue weighted by molar-refractivity contribution is 0.189. The molecular weight excluding hydrogens is 174 g/mol. The molecule has 3 nitrogen and oxygen atoms in total. The lowest BCUT2D eigenvalue weighted by Gasteiger charge is -2.42. The normalized spacial score (nSPS) is 31.2. The molecule has 1 heterocycles. The van der Waals surface area contributed by atoms with Crippen LogP contribution in [0.4, 0.5) is 0 Å². The molecule has 0 spiro atoms. The molecule has 1 aliphatic rings. The molecule has 1 fully saturated rings. The molecule has 1 saturated carbocycles. The van der Waals surface area contributed by atoms with Crippen LogP contribution in [-0.4, -0.2) is 23.1 Å². The molecule has 76 valence electrons. The topological polar surface area (TPSA) is 37.8 Å². The predicted octanol–water partition coefficient (Wildman–Crippen LogP) is 1.50. The molecule has 0 aromatic carbocycles. The Bertz CT molecular complexity index is 324. The SMILES string of the molecule is CNC1CC(c2nccnc2C)C1C. The number of hydrogen-bond acceptors (Lipinski definition) is 3. The van der Waals surface area contributed by atoms with Gasteiger partial charge in [-0.05, 0) is 26.3 Å². The third-order valence-corrected chi connectivity index (χ3v) is 3.42. The van der Waals surface area contributed by atoms with Crippen LogP contribution >= 0.6 is 0 Å². The molecule has 1 N–H and O–H groups in total. The molecule has 3 unspecified atom stereocenters.